The predicted octanol–water partition coefficient (Wildman–Crippen LogP) is 3.42. The summed E-state index contributed by atoms with van der Waals surface area (Å²) in [5, 5.41) is 0. The summed E-state index contributed by atoms with van der Waals surface area (Å²) in [5.41, 5.74) is 3.67. The summed E-state index contributed by atoms with van der Waals surface area (Å²) < 4.78 is 5.84. The average Bonchev–Trinajstić information content (AvgIpc) is 2.62. The largest absolute Gasteiger partial charge is 0.481 e. The summed E-state index contributed by atoms with van der Waals surface area (Å²) in [6.45, 7) is 9.15. The van der Waals surface area contributed by atoms with Gasteiger partial charge in [-0.05, 0) is 50.1 Å². The molecular formula is C21H26N2O2. The lowest BCUT2D eigenvalue weighted by Crippen LogP contribution is -2.52. The Morgan fingerprint density at radius 3 is 2.40 bits per heavy atom. The minimum atomic E-state index is -0.466. The molecule has 0 saturated carbocycles. The molecule has 4 nitrogen and oxygen atoms in total. The van der Waals surface area contributed by atoms with Crippen LogP contribution in [-0.2, 0) is 4.79 Å². The van der Waals surface area contributed by atoms with Crippen molar-refractivity contribution in [2.45, 2.75) is 26.9 Å². The number of anilines is 1. The van der Waals surface area contributed by atoms with Crippen molar-refractivity contribution in [1.29, 1.82) is 0 Å². The van der Waals surface area contributed by atoms with Gasteiger partial charge in [-0.25, -0.2) is 0 Å². The van der Waals surface area contributed by atoms with Crippen LogP contribution in [0.25, 0.3) is 0 Å². The normalized spacial score (nSPS) is 15.8. The third kappa shape index (κ3) is 4.13. The van der Waals surface area contributed by atoms with E-state index in [1.54, 1.807) is 0 Å². The minimum absolute atomic E-state index is 0.0611. The van der Waals surface area contributed by atoms with Crippen LogP contribution in [0.1, 0.15) is 18.1 Å². The molecule has 0 N–H and O–H groups in total. The number of hydrogen-bond acceptors (Lipinski definition) is 3. The Balaban J connectivity index is 1.57. The monoisotopic (exact) mass is 338 g/mol. The molecule has 0 spiro atoms. The SMILES string of the molecule is Cc1cccc(O[C@@H](C)C(=O)N2CCN(c3ccccc3C)CC2)c1. The lowest BCUT2D eigenvalue weighted by Gasteiger charge is -2.37. The summed E-state index contributed by atoms with van der Waals surface area (Å²) in [6.07, 6.45) is -0.466. The molecule has 1 fully saturated rings. The zero-order valence-corrected chi connectivity index (χ0v) is 15.2. The molecule has 0 aromatic heterocycles. The second-order valence-electron chi connectivity index (χ2n) is 6.68. The van der Waals surface area contributed by atoms with Crippen molar-refractivity contribution in [2.24, 2.45) is 0 Å². The number of carbonyl (C=O) groups is 1. The molecule has 0 bridgehead atoms. The topological polar surface area (TPSA) is 32.8 Å². The van der Waals surface area contributed by atoms with Gasteiger partial charge in [0.05, 0.1) is 0 Å². The number of benzene rings is 2. The van der Waals surface area contributed by atoms with E-state index in [0.717, 1.165) is 37.5 Å². The molecule has 1 saturated heterocycles. The summed E-state index contributed by atoms with van der Waals surface area (Å²) in [5.74, 6) is 0.810. The fraction of sp³-hybridized carbons (Fsp3) is 0.381. The number of para-hydroxylation sites is 1. The lowest BCUT2D eigenvalue weighted by atomic mass is 10.1. The molecule has 2 aromatic rings. The van der Waals surface area contributed by atoms with Crippen LogP contribution >= 0.6 is 0 Å². The molecule has 1 amide bonds. The Morgan fingerprint density at radius 2 is 1.72 bits per heavy atom. The number of aryl methyl sites for hydroxylation is 2. The molecule has 0 aliphatic carbocycles. The maximum absolute atomic E-state index is 12.7. The van der Waals surface area contributed by atoms with Crippen molar-refractivity contribution in [3.8, 4) is 5.75 Å². The van der Waals surface area contributed by atoms with Gasteiger partial charge in [0.15, 0.2) is 6.10 Å². The van der Waals surface area contributed by atoms with Gasteiger partial charge in [-0.1, -0.05) is 30.3 Å². The van der Waals surface area contributed by atoms with Crippen molar-refractivity contribution < 1.29 is 9.53 Å². The maximum Gasteiger partial charge on any atom is 0.263 e. The van der Waals surface area contributed by atoms with E-state index in [2.05, 4.69) is 36.1 Å². The third-order valence-corrected chi connectivity index (χ3v) is 4.70. The fourth-order valence-electron chi connectivity index (χ4n) is 3.29. The molecule has 0 unspecified atom stereocenters. The van der Waals surface area contributed by atoms with Crippen molar-refractivity contribution in [3.05, 3.63) is 59.7 Å². The Hall–Kier alpha value is -2.49. The molecule has 132 valence electrons. The molecule has 1 atom stereocenters. The van der Waals surface area contributed by atoms with Gasteiger partial charge in [-0.2, -0.15) is 0 Å². The number of rotatable bonds is 4. The highest BCUT2D eigenvalue weighted by molar-refractivity contribution is 5.81. The van der Waals surface area contributed by atoms with Gasteiger partial charge in [-0.15, -0.1) is 0 Å². The molecule has 0 radical (unpaired) electrons. The van der Waals surface area contributed by atoms with E-state index in [4.69, 9.17) is 4.74 Å². The van der Waals surface area contributed by atoms with Gasteiger partial charge >= 0.3 is 0 Å². The van der Waals surface area contributed by atoms with Crippen LogP contribution < -0.4 is 9.64 Å². The van der Waals surface area contributed by atoms with Crippen molar-refractivity contribution in [3.63, 3.8) is 0 Å². The van der Waals surface area contributed by atoms with E-state index in [1.807, 2.05) is 43.0 Å². The highest BCUT2D eigenvalue weighted by atomic mass is 16.5. The van der Waals surface area contributed by atoms with E-state index in [0.29, 0.717) is 0 Å². The number of carbonyl (C=O) groups excluding carboxylic acids is 1. The van der Waals surface area contributed by atoms with Gasteiger partial charge < -0.3 is 14.5 Å². The minimum Gasteiger partial charge on any atom is -0.481 e. The summed E-state index contributed by atoms with van der Waals surface area (Å²) in [6, 6.07) is 16.2. The van der Waals surface area contributed by atoms with Crippen LogP contribution in [0.5, 0.6) is 5.75 Å². The van der Waals surface area contributed by atoms with Crippen LogP contribution in [0, 0.1) is 13.8 Å². The number of nitrogens with zero attached hydrogens (tertiary/aromatic N) is 2. The Morgan fingerprint density at radius 1 is 1.00 bits per heavy atom. The second kappa shape index (κ2) is 7.60. The first kappa shape index (κ1) is 17.3. The molecule has 1 aliphatic rings. The van der Waals surface area contributed by atoms with Crippen molar-refractivity contribution in [2.75, 3.05) is 31.1 Å². The summed E-state index contributed by atoms with van der Waals surface area (Å²) in [4.78, 5) is 16.9. The molecule has 2 aromatic carbocycles. The van der Waals surface area contributed by atoms with Crippen LogP contribution in [-0.4, -0.2) is 43.1 Å². The smallest absolute Gasteiger partial charge is 0.263 e. The first-order valence-corrected chi connectivity index (χ1v) is 8.87. The Labute approximate surface area is 150 Å². The quantitative estimate of drug-likeness (QED) is 0.856. The van der Waals surface area contributed by atoms with Crippen molar-refractivity contribution in [1.82, 2.24) is 4.90 Å². The van der Waals surface area contributed by atoms with E-state index in [-0.39, 0.29) is 5.91 Å². The van der Waals surface area contributed by atoms with Gasteiger partial charge in [0.2, 0.25) is 0 Å². The highest BCUT2D eigenvalue weighted by Crippen LogP contribution is 2.21. The molecule has 1 aliphatic heterocycles. The standard InChI is InChI=1S/C21H26N2O2/c1-16-7-6-9-19(15-16)25-18(3)21(24)23-13-11-22(12-14-23)20-10-5-4-8-17(20)2/h4-10,15,18H,11-14H2,1-3H3/t18-/m0/s1. The van der Waals surface area contributed by atoms with Gasteiger partial charge in [0, 0.05) is 31.9 Å². The zero-order valence-electron chi connectivity index (χ0n) is 15.2. The van der Waals surface area contributed by atoms with Crippen molar-refractivity contribution >= 4 is 11.6 Å². The molecule has 1 heterocycles. The maximum atomic E-state index is 12.7. The number of amides is 1. The first-order valence-electron chi connectivity index (χ1n) is 8.87. The Bertz CT molecular complexity index is 736. The van der Waals surface area contributed by atoms with E-state index in [9.17, 15) is 4.79 Å². The van der Waals surface area contributed by atoms with Gasteiger partial charge in [-0.3, -0.25) is 4.79 Å². The first-order chi connectivity index (χ1) is 12.0. The summed E-state index contributed by atoms with van der Waals surface area (Å²) in [7, 11) is 0. The third-order valence-electron chi connectivity index (χ3n) is 4.70. The van der Waals surface area contributed by atoms with E-state index in [1.165, 1.54) is 11.3 Å². The van der Waals surface area contributed by atoms with Crippen LogP contribution in [0.2, 0.25) is 0 Å². The fourth-order valence-corrected chi connectivity index (χ4v) is 3.29. The summed E-state index contributed by atoms with van der Waals surface area (Å²) >= 11 is 0. The van der Waals surface area contributed by atoms with E-state index >= 15 is 0 Å². The molecule has 25 heavy (non-hydrogen) atoms. The number of piperazine rings is 1. The van der Waals surface area contributed by atoms with E-state index < -0.39 is 6.10 Å². The number of ether oxygens (including phenoxy) is 1. The molecule has 3 rings (SSSR count). The number of hydrogen-bond donors (Lipinski definition) is 0. The van der Waals surface area contributed by atoms with Gasteiger partial charge in [0.25, 0.3) is 5.91 Å². The Kier molecular flexibility index (Phi) is 5.27. The highest BCUT2D eigenvalue weighted by Gasteiger charge is 2.26. The average molecular weight is 338 g/mol. The van der Waals surface area contributed by atoms with Crippen LogP contribution in [0.3, 0.4) is 0 Å². The zero-order chi connectivity index (χ0) is 17.8. The van der Waals surface area contributed by atoms with Crippen LogP contribution in [0.4, 0.5) is 5.69 Å². The molecular weight excluding hydrogens is 312 g/mol. The van der Waals surface area contributed by atoms with Gasteiger partial charge in [0.1, 0.15) is 5.75 Å². The lowest BCUT2D eigenvalue weighted by molar-refractivity contribution is -0.138. The van der Waals surface area contributed by atoms with Crippen LogP contribution in [0.15, 0.2) is 48.5 Å². The predicted molar refractivity (Wildman–Crippen MR) is 101 cm³/mol. The second-order valence-corrected chi connectivity index (χ2v) is 6.68. The molecule has 4 heteroatoms.